The first-order chi connectivity index (χ1) is 7.79. The number of hydrogen-bond donors (Lipinski definition) is 0. The van der Waals surface area contributed by atoms with Crippen LogP contribution in [0, 0.1) is 5.92 Å². The summed E-state index contributed by atoms with van der Waals surface area (Å²) in [5.41, 5.74) is 1.27. The summed E-state index contributed by atoms with van der Waals surface area (Å²) in [5, 5.41) is 0. The van der Waals surface area contributed by atoms with Crippen molar-refractivity contribution in [3.8, 4) is 5.75 Å². The van der Waals surface area contributed by atoms with Crippen LogP contribution >= 0.6 is 0 Å². The van der Waals surface area contributed by atoms with Crippen LogP contribution in [0.2, 0.25) is 0 Å². The molecule has 1 saturated carbocycles. The maximum atomic E-state index is 11.4. The highest BCUT2D eigenvalue weighted by molar-refractivity contribution is 5.83. The normalized spacial score (nSPS) is 14.8. The van der Waals surface area contributed by atoms with Gasteiger partial charge in [0.1, 0.15) is 11.5 Å². The van der Waals surface area contributed by atoms with Gasteiger partial charge in [-0.3, -0.25) is 4.79 Å². The average Bonchev–Trinajstić information content (AvgIpc) is 3.13. The van der Waals surface area contributed by atoms with Crippen molar-refractivity contribution in [2.24, 2.45) is 5.92 Å². The van der Waals surface area contributed by atoms with E-state index in [-0.39, 0.29) is 0 Å². The minimum Gasteiger partial charge on any atom is -0.493 e. The molecule has 0 aromatic heterocycles. The van der Waals surface area contributed by atoms with Gasteiger partial charge in [-0.05, 0) is 37.0 Å². The Bertz CT molecular complexity index is 367. The molecule has 1 aromatic carbocycles. The van der Waals surface area contributed by atoms with Gasteiger partial charge in [-0.1, -0.05) is 19.1 Å². The molecule has 0 bridgehead atoms. The standard InChI is InChI=1S/C14H18O2/c1-2-11-4-3-5-13(10-11)16-9-8-14(15)12-6-7-12/h3-5,10,12H,2,6-9H2,1H3. The number of benzene rings is 1. The zero-order valence-corrected chi connectivity index (χ0v) is 9.74. The SMILES string of the molecule is CCc1cccc(OCCC(=O)C2CC2)c1. The summed E-state index contributed by atoms with van der Waals surface area (Å²) in [5.74, 6) is 1.60. The van der Waals surface area contributed by atoms with Crippen LogP contribution in [0.15, 0.2) is 24.3 Å². The zero-order chi connectivity index (χ0) is 11.4. The summed E-state index contributed by atoms with van der Waals surface area (Å²) in [7, 11) is 0. The summed E-state index contributed by atoms with van der Waals surface area (Å²) < 4.78 is 5.58. The van der Waals surface area contributed by atoms with Gasteiger partial charge in [-0.15, -0.1) is 0 Å². The van der Waals surface area contributed by atoms with Crippen LogP contribution in [0.25, 0.3) is 0 Å². The number of carbonyl (C=O) groups excluding carboxylic acids is 1. The van der Waals surface area contributed by atoms with Gasteiger partial charge in [0.2, 0.25) is 0 Å². The molecule has 0 atom stereocenters. The fraction of sp³-hybridized carbons (Fsp3) is 0.500. The second kappa shape index (κ2) is 5.15. The van der Waals surface area contributed by atoms with Crippen LogP contribution in [-0.4, -0.2) is 12.4 Å². The summed E-state index contributed by atoms with van der Waals surface area (Å²) in [6.07, 6.45) is 3.74. The molecule has 0 aliphatic heterocycles. The molecule has 1 aliphatic carbocycles. The number of hydrogen-bond acceptors (Lipinski definition) is 2. The lowest BCUT2D eigenvalue weighted by atomic mass is 10.1. The molecule has 1 fully saturated rings. The first-order valence-electron chi connectivity index (χ1n) is 6.04. The smallest absolute Gasteiger partial charge is 0.139 e. The Morgan fingerprint density at radius 1 is 1.44 bits per heavy atom. The quantitative estimate of drug-likeness (QED) is 0.733. The molecule has 1 aromatic rings. The van der Waals surface area contributed by atoms with Gasteiger partial charge in [0.25, 0.3) is 0 Å². The molecule has 0 heterocycles. The van der Waals surface area contributed by atoms with Crippen molar-refractivity contribution in [2.45, 2.75) is 32.6 Å². The molecule has 0 unspecified atom stereocenters. The molecule has 0 saturated heterocycles. The number of rotatable bonds is 6. The molecule has 0 N–H and O–H groups in total. The second-order valence-corrected chi connectivity index (χ2v) is 4.34. The van der Waals surface area contributed by atoms with Crippen LogP contribution < -0.4 is 4.74 Å². The first kappa shape index (κ1) is 11.2. The molecule has 16 heavy (non-hydrogen) atoms. The third-order valence-electron chi connectivity index (χ3n) is 2.96. The van der Waals surface area contributed by atoms with E-state index in [9.17, 15) is 4.79 Å². The maximum Gasteiger partial charge on any atom is 0.139 e. The molecule has 0 amide bonds. The van der Waals surface area contributed by atoms with Crippen molar-refractivity contribution in [3.05, 3.63) is 29.8 Å². The Hall–Kier alpha value is -1.31. The predicted molar refractivity (Wildman–Crippen MR) is 63.7 cm³/mol. The van der Waals surface area contributed by atoms with Gasteiger partial charge in [-0.25, -0.2) is 0 Å². The maximum absolute atomic E-state index is 11.4. The number of carbonyl (C=O) groups is 1. The van der Waals surface area contributed by atoms with Gasteiger partial charge >= 0.3 is 0 Å². The van der Waals surface area contributed by atoms with Gasteiger partial charge < -0.3 is 4.74 Å². The summed E-state index contributed by atoms with van der Waals surface area (Å²) in [4.78, 5) is 11.4. The van der Waals surface area contributed by atoms with Crippen molar-refractivity contribution in [1.82, 2.24) is 0 Å². The molecule has 2 heteroatoms. The monoisotopic (exact) mass is 218 g/mol. The van der Waals surface area contributed by atoms with E-state index in [0.29, 0.717) is 24.7 Å². The molecule has 2 nitrogen and oxygen atoms in total. The molecule has 2 rings (SSSR count). The van der Waals surface area contributed by atoms with Crippen LogP contribution in [0.5, 0.6) is 5.75 Å². The molecule has 0 spiro atoms. The van der Waals surface area contributed by atoms with Crippen LogP contribution in [0.1, 0.15) is 31.7 Å². The second-order valence-electron chi connectivity index (χ2n) is 4.34. The van der Waals surface area contributed by atoms with Crippen molar-refractivity contribution in [3.63, 3.8) is 0 Å². The minimum atomic E-state index is 0.352. The number of aryl methyl sites for hydroxylation is 1. The van der Waals surface area contributed by atoms with E-state index in [1.165, 1.54) is 5.56 Å². The molecular formula is C14H18O2. The summed E-state index contributed by atoms with van der Waals surface area (Å²) in [6, 6.07) is 8.07. The van der Waals surface area contributed by atoms with E-state index in [4.69, 9.17) is 4.74 Å². The number of ether oxygens (including phenoxy) is 1. The Morgan fingerprint density at radius 2 is 2.25 bits per heavy atom. The van der Waals surface area contributed by atoms with E-state index in [0.717, 1.165) is 25.0 Å². The van der Waals surface area contributed by atoms with E-state index < -0.39 is 0 Å². The van der Waals surface area contributed by atoms with Crippen LogP contribution in [-0.2, 0) is 11.2 Å². The van der Waals surface area contributed by atoms with E-state index >= 15 is 0 Å². The minimum absolute atomic E-state index is 0.352. The van der Waals surface area contributed by atoms with Gasteiger partial charge in [0, 0.05) is 12.3 Å². The van der Waals surface area contributed by atoms with Crippen molar-refractivity contribution < 1.29 is 9.53 Å². The van der Waals surface area contributed by atoms with Crippen molar-refractivity contribution in [1.29, 1.82) is 0 Å². The largest absolute Gasteiger partial charge is 0.493 e. The Kier molecular flexibility index (Phi) is 3.60. The fourth-order valence-corrected chi connectivity index (χ4v) is 1.73. The number of Topliss-reactive ketones (excluding diaryl/α,β-unsaturated/α-hetero) is 1. The lowest BCUT2D eigenvalue weighted by molar-refractivity contribution is -0.120. The van der Waals surface area contributed by atoms with Gasteiger partial charge in [0.15, 0.2) is 0 Å². The Morgan fingerprint density at radius 3 is 2.94 bits per heavy atom. The van der Waals surface area contributed by atoms with E-state index in [1.54, 1.807) is 0 Å². The highest BCUT2D eigenvalue weighted by Gasteiger charge is 2.28. The highest BCUT2D eigenvalue weighted by Crippen LogP contribution is 2.30. The van der Waals surface area contributed by atoms with Gasteiger partial charge in [0.05, 0.1) is 6.61 Å². The van der Waals surface area contributed by atoms with Crippen molar-refractivity contribution >= 4 is 5.78 Å². The zero-order valence-electron chi connectivity index (χ0n) is 9.74. The van der Waals surface area contributed by atoms with Crippen molar-refractivity contribution in [2.75, 3.05) is 6.61 Å². The van der Waals surface area contributed by atoms with E-state index in [2.05, 4.69) is 13.0 Å². The predicted octanol–water partition coefficient (Wildman–Crippen LogP) is 3.00. The third-order valence-corrected chi connectivity index (χ3v) is 2.96. The molecule has 1 aliphatic rings. The molecular weight excluding hydrogens is 200 g/mol. The fourth-order valence-electron chi connectivity index (χ4n) is 1.73. The highest BCUT2D eigenvalue weighted by atomic mass is 16.5. The van der Waals surface area contributed by atoms with Crippen LogP contribution in [0.4, 0.5) is 0 Å². The summed E-state index contributed by atoms with van der Waals surface area (Å²) in [6.45, 7) is 2.64. The topological polar surface area (TPSA) is 26.3 Å². The lowest BCUT2D eigenvalue weighted by Crippen LogP contribution is -2.07. The average molecular weight is 218 g/mol. The Balaban J connectivity index is 1.77. The van der Waals surface area contributed by atoms with Crippen LogP contribution in [0.3, 0.4) is 0 Å². The third kappa shape index (κ3) is 3.09. The Labute approximate surface area is 96.6 Å². The van der Waals surface area contributed by atoms with E-state index in [1.807, 2.05) is 18.2 Å². The van der Waals surface area contributed by atoms with Gasteiger partial charge in [-0.2, -0.15) is 0 Å². The lowest BCUT2D eigenvalue weighted by Gasteiger charge is -2.06. The molecule has 0 radical (unpaired) electrons. The molecule has 86 valence electrons. The summed E-state index contributed by atoms with van der Waals surface area (Å²) >= 11 is 0. The number of ketones is 1. The first-order valence-corrected chi connectivity index (χ1v) is 6.04.